The molecule has 6 atom stereocenters. The fourth-order valence-electron chi connectivity index (χ4n) is 5.79. The van der Waals surface area contributed by atoms with Crippen molar-refractivity contribution in [2.75, 3.05) is 0 Å². The van der Waals surface area contributed by atoms with Crippen LogP contribution in [0.25, 0.3) is 0 Å². The Bertz CT molecular complexity index is 1150. The van der Waals surface area contributed by atoms with E-state index in [0.717, 1.165) is 31.2 Å². The molecule has 3 unspecified atom stereocenters. The lowest BCUT2D eigenvalue weighted by atomic mass is 9.68. The lowest BCUT2D eigenvalue weighted by molar-refractivity contribution is -0.197. The molecule has 0 saturated heterocycles. The number of nitrogens with zero attached hydrogens (tertiary/aromatic N) is 1. The minimum Gasteiger partial charge on any atom is -0.462 e. The molecule has 3 nitrogen and oxygen atoms in total. The van der Waals surface area contributed by atoms with Gasteiger partial charge in [-0.25, -0.2) is 0 Å². The molecule has 0 spiro atoms. The Kier molecular flexibility index (Phi) is 8.23. The number of halogens is 6. The summed E-state index contributed by atoms with van der Waals surface area (Å²) < 4.78 is 51.6. The molecule has 0 bridgehead atoms. The van der Waals surface area contributed by atoms with Gasteiger partial charge < -0.3 is 4.74 Å². The fourth-order valence-corrected chi connectivity index (χ4v) is 6.39. The van der Waals surface area contributed by atoms with E-state index in [1.54, 1.807) is 30.3 Å². The first-order valence-electron chi connectivity index (χ1n) is 12.4. The monoisotopic (exact) mass is 573 g/mol. The summed E-state index contributed by atoms with van der Waals surface area (Å²) in [6, 6.07) is 9.60. The smallest absolute Gasteiger partial charge is 0.404 e. The van der Waals surface area contributed by atoms with Gasteiger partial charge in [0.15, 0.2) is 0 Å². The topological polar surface area (TPSA) is 38.7 Å². The van der Waals surface area contributed by atoms with E-state index in [2.05, 4.69) is 11.9 Å². The first-order valence-corrected chi connectivity index (χ1v) is 13.5. The standard InChI is InChI=1S/C28H29Cl3F3NO2/c1-15(2)19-10-9-16(3)11-22(19)37-26(36)23-25(17-7-5-4-6-8-17)35-14-27(23,28(32,33)34)18-12-20(29)24(31)21(30)13-18/h4-8,12-16,19,22-23,25H,9-11H2,1-3H3/t16-,19+,22-,23?,25?,27?/m1/s1. The summed E-state index contributed by atoms with van der Waals surface area (Å²) in [4.78, 5) is 18.2. The van der Waals surface area contributed by atoms with Crippen molar-refractivity contribution in [3.05, 3.63) is 68.7 Å². The lowest BCUT2D eigenvalue weighted by Gasteiger charge is -2.40. The van der Waals surface area contributed by atoms with Gasteiger partial charge in [-0.15, -0.1) is 0 Å². The van der Waals surface area contributed by atoms with Crippen LogP contribution in [-0.2, 0) is 14.9 Å². The Morgan fingerprint density at radius 1 is 1.08 bits per heavy atom. The summed E-state index contributed by atoms with van der Waals surface area (Å²) in [6.07, 6.45) is -2.12. The van der Waals surface area contributed by atoms with Crippen LogP contribution in [0.3, 0.4) is 0 Å². The van der Waals surface area contributed by atoms with Crippen molar-refractivity contribution < 1.29 is 22.7 Å². The van der Waals surface area contributed by atoms with Crippen LogP contribution in [0, 0.1) is 23.7 Å². The molecule has 2 aliphatic rings. The summed E-state index contributed by atoms with van der Waals surface area (Å²) in [5.41, 5.74) is -2.63. The molecule has 0 amide bonds. The van der Waals surface area contributed by atoms with Crippen LogP contribution in [-0.4, -0.2) is 24.5 Å². The third-order valence-corrected chi connectivity index (χ3v) is 9.00. The van der Waals surface area contributed by atoms with Gasteiger partial charge in [-0.3, -0.25) is 9.79 Å². The predicted molar refractivity (Wildman–Crippen MR) is 142 cm³/mol. The first-order chi connectivity index (χ1) is 17.4. The van der Waals surface area contributed by atoms with Gasteiger partial charge in [0.25, 0.3) is 0 Å². The average Bonchev–Trinajstić information content (AvgIpc) is 3.25. The van der Waals surface area contributed by atoms with Crippen LogP contribution in [0.5, 0.6) is 0 Å². The molecule has 0 radical (unpaired) electrons. The molecule has 4 rings (SSSR count). The highest BCUT2D eigenvalue weighted by Gasteiger charge is 2.67. The second kappa shape index (κ2) is 10.8. The number of benzene rings is 2. The van der Waals surface area contributed by atoms with Crippen molar-refractivity contribution in [2.24, 2.45) is 28.7 Å². The van der Waals surface area contributed by atoms with Crippen molar-refractivity contribution in [3.8, 4) is 0 Å². The molecule has 200 valence electrons. The number of carbonyl (C=O) groups excluding carboxylic acids is 1. The van der Waals surface area contributed by atoms with E-state index in [0.29, 0.717) is 17.9 Å². The molecular weight excluding hydrogens is 546 g/mol. The van der Waals surface area contributed by atoms with E-state index in [1.807, 2.05) is 13.8 Å². The molecule has 1 saturated carbocycles. The minimum atomic E-state index is -4.92. The summed E-state index contributed by atoms with van der Waals surface area (Å²) in [5, 5.41) is -0.344. The Balaban J connectivity index is 1.85. The van der Waals surface area contributed by atoms with E-state index in [1.165, 1.54) is 0 Å². The van der Waals surface area contributed by atoms with Crippen LogP contribution in [0.1, 0.15) is 57.2 Å². The molecule has 1 fully saturated rings. The van der Waals surface area contributed by atoms with E-state index in [4.69, 9.17) is 39.5 Å². The Hall–Kier alpha value is -1.76. The average molecular weight is 575 g/mol. The maximum atomic E-state index is 15.2. The molecule has 0 N–H and O–H groups in total. The molecule has 1 heterocycles. The Morgan fingerprint density at radius 2 is 1.70 bits per heavy atom. The van der Waals surface area contributed by atoms with Gasteiger partial charge in [-0.1, -0.05) is 92.3 Å². The molecule has 0 aromatic heterocycles. The number of carbonyl (C=O) groups is 1. The van der Waals surface area contributed by atoms with Gasteiger partial charge in [0.05, 0.1) is 21.1 Å². The summed E-state index contributed by atoms with van der Waals surface area (Å²) in [6.45, 7) is 6.16. The van der Waals surface area contributed by atoms with Gasteiger partial charge in [-0.2, -0.15) is 13.2 Å². The van der Waals surface area contributed by atoms with Gasteiger partial charge in [0, 0.05) is 6.21 Å². The Morgan fingerprint density at radius 3 is 2.27 bits per heavy atom. The lowest BCUT2D eigenvalue weighted by Crippen LogP contribution is -2.53. The number of aliphatic imine (C=N–C) groups is 1. The van der Waals surface area contributed by atoms with Crippen molar-refractivity contribution in [3.63, 3.8) is 0 Å². The van der Waals surface area contributed by atoms with Crippen LogP contribution < -0.4 is 0 Å². The number of hydrogen-bond acceptors (Lipinski definition) is 3. The molecule has 1 aliphatic carbocycles. The fraction of sp³-hybridized carbons (Fsp3) is 0.500. The van der Waals surface area contributed by atoms with Crippen molar-refractivity contribution in [1.82, 2.24) is 0 Å². The molecule has 2 aromatic carbocycles. The van der Waals surface area contributed by atoms with Crippen molar-refractivity contribution in [2.45, 2.75) is 63.8 Å². The predicted octanol–water partition coefficient (Wildman–Crippen LogP) is 8.89. The SMILES string of the molecule is CC(C)[C@@H]1CC[C@@H](C)C[C@H]1OC(=O)C1C(c2ccccc2)N=CC1(c1cc(Cl)c(Cl)c(Cl)c1)C(F)(F)F. The number of ether oxygens (including phenoxy) is 1. The maximum Gasteiger partial charge on any atom is 0.404 e. The van der Waals surface area contributed by atoms with E-state index in [9.17, 15) is 4.79 Å². The summed E-state index contributed by atoms with van der Waals surface area (Å²) in [7, 11) is 0. The van der Waals surface area contributed by atoms with Gasteiger partial charge in [0.1, 0.15) is 17.4 Å². The molecule has 9 heteroatoms. The normalized spacial score (nSPS) is 30.1. The van der Waals surface area contributed by atoms with Crippen LogP contribution in [0.4, 0.5) is 13.2 Å². The number of hydrogen-bond donors (Lipinski definition) is 0. The maximum absolute atomic E-state index is 15.2. The zero-order chi connectivity index (χ0) is 27.1. The quantitative estimate of drug-likeness (QED) is 0.264. The highest BCUT2D eigenvalue weighted by Crippen LogP contribution is 2.56. The highest BCUT2D eigenvalue weighted by atomic mass is 35.5. The molecule has 1 aliphatic heterocycles. The van der Waals surface area contributed by atoms with Gasteiger partial charge in [-0.05, 0) is 53.9 Å². The largest absolute Gasteiger partial charge is 0.462 e. The number of alkyl halides is 3. The first kappa shape index (κ1) is 28.3. The Labute approximate surface area is 230 Å². The van der Waals surface area contributed by atoms with E-state index < -0.39 is 35.6 Å². The van der Waals surface area contributed by atoms with Crippen LogP contribution in [0.15, 0.2) is 47.5 Å². The number of rotatable bonds is 5. The number of esters is 1. The third kappa shape index (κ3) is 5.26. The van der Waals surface area contributed by atoms with Crippen molar-refractivity contribution in [1.29, 1.82) is 0 Å². The van der Waals surface area contributed by atoms with Crippen molar-refractivity contribution >= 4 is 47.0 Å². The van der Waals surface area contributed by atoms with Crippen LogP contribution >= 0.6 is 34.8 Å². The third-order valence-electron chi connectivity index (χ3n) is 7.80. The minimum absolute atomic E-state index is 0.0611. The van der Waals surface area contributed by atoms with Crippen LogP contribution in [0.2, 0.25) is 15.1 Å². The summed E-state index contributed by atoms with van der Waals surface area (Å²) in [5.74, 6) is -2.06. The zero-order valence-corrected chi connectivity index (χ0v) is 23.0. The second-order valence-electron chi connectivity index (χ2n) is 10.5. The highest BCUT2D eigenvalue weighted by molar-refractivity contribution is 6.48. The van der Waals surface area contributed by atoms with E-state index in [-0.39, 0.29) is 32.5 Å². The van der Waals surface area contributed by atoms with Gasteiger partial charge in [0.2, 0.25) is 0 Å². The van der Waals surface area contributed by atoms with Gasteiger partial charge >= 0.3 is 12.1 Å². The van der Waals surface area contributed by atoms with E-state index >= 15 is 13.2 Å². The molecule has 2 aromatic rings. The molecule has 37 heavy (non-hydrogen) atoms. The summed E-state index contributed by atoms with van der Waals surface area (Å²) >= 11 is 18.4. The molecular formula is C28H29Cl3F3NO2. The second-order valence-corrected chi connectivity index (χ2v) is 11.7. The zero-order valence-electron chi connectivity index (χ0n) is 20.7.